The van der Waals surface area contributed by atoms with Gasteiger partial charge in [-0.25, -0.2) is 4.98 Å². The number of carbonyl (C=O) groups is 1. The summed E-state index contributed by atoms with van der Waals surface area (Å²) >= 11 is 0. The van der Waals surface area contributed by atoms with Crippen molar-refractivity contribution in [1.82, 2.24) is 4.98 Å². The van der Waals surface area contributed by atoms with E-state index in [9.17, 15) is 23.2 Å². The molecule has 0 bridgehead atoms. The number of amides is 1. The molecule has 1 fully saturated rings. The molecule has 1 amide bonds. The minimum atomic E-state index is -4.71. The molecule has 9 heteroatoms. The van der Waals surface area contributed by atoms with Crippen molar-refractivity contribution in [2.24, 2.45) is 0 Å². The zero-order valence-corrected chi connectivity index (χ0v) is 17.5. The summed E-state index contributed by atoms with van der Waals surface area (Å²) in [6.45, 7) is 5.87. The second-order valence-corrected chi connectivity index (χ2v) is 7.32. The third kappa shape index (κ3) is 4.64. The standard InChI is InChI=1S/C22H23F3N4O2/c1-4-28(16-7-5-6-14(2)10-16)21(30)19-13-31-9-8-29(19)20-17(12-26)18(22(23,24)25)11-15(3)27-20/h5-7,10-11,19H,4,8-9,13H2,1-3H3/t19-/m0/s1. The van der Waals surface area contributed by atoms with Gasteiger partial charge in [-0.05, 0) is 44.5 Å². The van der Waals surface area contributed by atoms with Crippen molar-refractivity contribution in [3.63, 3.8) is 0 Å². The molecule has 1 saturated heterocycles. The topological polar surface area (TPSA) is 69.5 Å². The molecule has 0 spiro atoms. The van der Waals surface area contributed by atoms with Crippen LogP contribution in [-0.4, -0.2) is 43.2 Å². The van der Waals surface area contributed by atoms with Gasteiger partial charge in [0.1, 0.15) is 23.5 Å². The first-order valence-electron chi connectivity index (χ1n) is 9.88. The van der Waals surface area contributed by atoms with Crippen molar-refractivity contribution in [2.45, 2.75) is 33.0 Å². The Kier molecular flexibility index (Phi) is 6.51. The maximum absolute atomic E-state index is 13.6. The number of pyridine rings is 1. The molecular formula is C22H23F3N4O2. The van der Waals surface area contributed by atoms with Gasteiger partial charge in [0.05, 0.1) is 18.8 Å². The largest absolute Gasteiger partial charge is 0.417 e. The Labute approximate surface area is 178 Å². The van der Waals surface area contributed by atoms with Crippen LogP contribution in [0.25, 0.3) is 0 Å². The van der Waals surface area contributed by atoms with Crippen LogP contribution in [0.1, 0.15) is 29.3 Å². The summed E-state index contributed by atoms with van der Waals surface area (Å²) in [5, 5.41) is 9.53. The molecule has 1 aliphatic heterocycles. The fraction of sp³-hybridized carbons (Fsp3) is 0.409. The zero-order valence-electron chi connectivity index (χ0n) is 17.5. The Morgan fingerprint density at radius 2 is 2.10 bits per heavy atom. The van der Waals surface area contributed by atoms with E-state index < -0.39 is 23.3 Å². The monoisotopic (exact) mass is 432 g/mol. The number of aryl methyl sites for hydroxylation is 2. The molecule has 6 nitrogen and oxygen atoms in total. The number of likely N-dealkylation sites (N-methyl/N-ethyl adjacent to an activating group) is 1. The fourth-order valence-electron chi connectivity index (χ4n) is 3.70. The number of alkyl halides is 3. The summed E-state index contributed by atoms with van der Waals surface area (Å²) < 4.78 is 46.2. The number of ether oxygens (including phenoxy) is 1. The zero-order chi connectivity index (χ0) is 22.8. The molecule has 1 atom stereocenters. The minimum absolute atomic E-state index is 0.0109. The maximum Gasteiger partial charge on any atom is 0.417 e. The van der Waals surface area contributed by atoms with Gasteiger partial charge in [-0.15, -0.1) is 0 Å². The number of nitrogens with zero attached hydrogens (tertiary/aromatic N) is 4. The van der Waals surface area contributed by atoms with Crippen LogP contribution in [-0.2, 0) is 15.7 Å². The van der Waals surface area contributed by atoms with E-state index in [1.807, 2.05) is 32.0 Å². The smallest absolute Gasteiger partial charge is 0.377 e. The van der Waals surface area contributed by atoms with Crippen LogP contribution < -0.4 is 9.80 Å². The number of anilines is 2. The molecule has 2 aromatic rings. The Balaban J connectivity index is 2.06. The molecule has 0 radical (unpaired) electrons. The maximum atomic E-state index is 13.6. The number of hydrogen-bond acceptors (Lipinski definition) is 5. The first kappa shape index (κ1) is 22.6. The number of morpholine rings is 1. The molecule has 164 valence electrons. The number of hydrogen-bond donors (Lipinski definition) is 0. The summed E-state index contributed by atoms with van der Waals surface area (Å²) in [6.07, 6.45) is -4.71. The quantitative estimate of drug-likeness (QED) is 0.734. The third-order valence-corrected chi connectivity index (χ3v) is 5.13. The van der Waals surface area contributed by atoms with Gasteiger partial charge < -0.3 is 14.5 Å². The van der Waals surface area contributed by atoms with Gasteiger partial charge in [-0.1, -0.05) is 12.1 Å². The van der Waals surface area contributed by atoms with Crippen molar-refractivity contribution < 1.29 is 22.7 Å². The summed E-state index contributed by atoms with van der Waals surface area (Å²) in [5.41, 5.74) is 0.136. The van der Waals surface area contributed by atoms with E-state index in [2.05, 4.69) is 4.98 Å². The molecule has 0 saturated carbocycles. The Hall–Kier alpha value is -3.12. The molecular weight excluding hydrogens is 409 g/mol. The van der Waals surface area contributed by atoms with Crippen molar-refractivity contribution >= 4 is 17.4 Å². The average molecular weight is 432 g/mol. The van der Waals surface area contributed by atoms with Gasteiger partial charge in [0, 0.05) is 24.5 Å². The molecule has 31 heavy (non-hydrogen) atoms. The second-order valence-electron chi connectivity index (χ2n) is 7.32. The Morgan fingerprint density at radius 1 is 1.35 bits per heavy atom. The summed E-state index contributed by atoms with van der Waals surface area (Å²) in [7, 11) is 0. The van der Waals surface area contributed by atoms with E-state index in [0.29, 0.717) is 12.2 Å². The number of benzene rings is 1. The van der Waals surface area contributed by atoms with E-state index in [4.69, 9.17) is 4.74 Å². The molecule has 1 aromatic heterocycles. The first-order valence-corrected chi connectivity index (χ1v) is 9.88. The van der Waals surface area contributed by atoms with Crippen LogP contribution in [0.15, 0.2) is 30.3 Å². The summed E-state index contributed by atoms with van der Waals surface area (Å²) in [5.74, 6) is -0.467. The Morgan fingerprint density at radius 3 is 2.71 bits per heavy atom. The minimum Gasteiger partial charge on any atom is -0.377 e. The lowest BCUT2D eigenvalue weighted by molar-refractivity contribution is -0.137. The highest BCUT2D eigenvalue weighted by Gasteiger charge is 2.40. The highest BCUT2D eigenvalue weighted by atomic mass is 19.4. The van der Waals surface area contributed by atoms with Crippen LogP contribution in [0.3, 0.4) is 0 Å². The van der Waals surface area contributed by atoms with E-state index in [0.717, 1.165) is 11.6 Å². The van der Waals surface area contributed by atoms with E-state index >= 15 is 0 Å². The molecule has 1 aromatic carbocycles. The third-order valence-electron chi connectivity index (χ3n) is 5.13. The highest BCUT2D eigenvalue weighted by molar-refractivity contribution is 5.99. The van der Waals surface area contributed by atoms with Crippen LogP contribution in [0, 0.1) is 25.2 Å². The van der Waals surface area contributed by atoms with E-state index in [1.165, 1.54) is 11.8 Å². The van der Waals surface area contributed by atoms with Crippen molar-refractivity contribution in [1.29, 1.82) is 5.26 Å². The number of nitriles is 1. The number of rotatable bonds is 4. The van der Waals surface area contributed by atoms with Gasteiger partial charge in [0.25, 0.3) is 5.91 Å². The van der Waals surface area contributed by atoms with Crippen molar-refractivity contribution in [3.8, 4) is 6.07 Å². The van der Waals surface area contributed by atoms with Gasteiger partial charge in [0.15, 0.2) is 0 Å². The molecule has 0 unspecified atom stereocenters. The molecule has 0 N–H and O–H groups in total. The predicted molar refractivity (Wildman–Crippen MR) is 110 cm³/mol. The number of carbonyl (C=O) groups excluding carboxylic acids is 1. The fourth-order valence-corrected chi connectivity index (χ4v) is 3.70. The Bertz CT molecular complexity index is 1020. The van der Waals surface area contributed by atoms with Crippen molar-refractivity contribution in [3.05, 3.63) is 52.7 Å². The van der Waals surface area contributed by atoms with Crippen LogP contribution in [0.4, 0.5) is 24.7 Å². The lowest BCUT2D eigenvalue weighted by Gasteiger charge is -2.38. The summed E-state index contributed by atoms with van der Waals surface area (Å²) in [4.78, 5) is 20.7. The van der Waals surface area contributed by atoms with Gasteiger partial charge in [-0.3, -0.25) is 4.79 Å². The van der Waals surface area contributed by atoms with E-state index in [-0.39, 0.29) is 37.2 Å². The van der Waals surface area contributed by atoms with Crippen LogP contribution in [0.2, 0.25) is 0 Å². The lowest BCUT2D eigenvalue weighted by Crippen LogP contribution is -2.55. The molecule has 3 rings (SSSR count). The normalized spacial score (nSPS) is 16.7. The molecule has 0 aliphatic carbocycles. The molecule has 2 heterocycles. The van der Waals surface area contributed by atoms with Gasteiger partial charge in [-0.2, -0.15) is 18.4 Å². The number of halogens is 3. The lowest BCUT2D eigenvalue weighted by atomic mass is 10.1. The first-order chi connectivity index (χ1) is 14.7. The van der Waals surface area contributed by atoms with Gasteiger partial charge >= 0.3 is 6.18 Å². The second kappa shape index (κ2) is 8.94. The van der Waals surface area contributed by atoms with Gasteiger partial charge in [0.2, 0.25) is 0 Å². The van der Waals surface area contributed by atoms with Crippen molar-refractivity contribution in [2.75, 3.05) is 36.1 Å². The SMILES string of the molecule is CCN(C(=O)[C@@H]1COCCN1c1nc(C)cc(C(F)(F)F)c1C#N)c1cccc(C)c1. The average Bonchev–Trinajstić information content (AvgIpc) is 2.73. The number of aromatic nitrogens is 1. The highest BCUT2D eigenvalue weighted by Crippen LogP contribution is 2.36. The van der Waals surface area contributed by atoms with Crippen LogP contribution >= 0.6 is 0 Å². The van der Waals surface area contributed by atoms with Crippen LogP contribution in [0.5, 0.6) is 0 Å². The predicted octanol–water partition coefficient (Wildman–Crippen LogP) is 3.85. The van der Waals surface area contributed by atoms with E-state index in [1.54, 1.807) is 17.0 Å². The summed E-state index contributed by atoms with van der Waals surface area (Å²) in [6, 6.07) is 9.00. The molecule has 1 aliphatic rings.